The molecule has 0 saturated heterocycles. The first-order chi connectivity index (χ1) is 38.9. The minimum atomic E-state index is -4.46. The first-order valence-corrected chi connectivity index (χ1v) is 34.9. The average molecular weight is 1140 g/mol. The molecule has 3 unspecified atom stereocenters. The summed E-state index contributed by atoms with van der Waals surface area (Å²) in [5, 5.41) is 3.06. The zero-order chi connectivity index (χ0) is 58.6. The van der Waals surface area contributed by atoms with Crippen LogP contribution in [0.2, 0.25) is 0 Å². The number of likely N-dealkylation sites (N-methyl/N-ethyl adjacent to an activating group) is 1. The number of ether oxygens (including phenoxy) is 1. The van der Waals surface area contributed by atoms with Crippen LogP contribution in [0.1, 0.15) is 297 Å². The number of allylic oxidation sites excluding steroid dienone is 13. The highest BCUT2D eigenvalue weighted by atomic mass is 31.2. The molecule has 3 atom stereocenters. The Morgan fingerprint density at radius 1 is 0.450 bits per heavy atom. The Balaban J connectivity index is 5.19. The predicted molar refractivity (Wildman–Crippen MR) is 346 cm³/mol. The molecule has 80 heavy (non-hydrogen) atoms. The summed E-state index contributed by atoms with van der Waals surface area (Å²) in [6.45, 7) is 6.90. The largest absolute Gasteiger partial charge is 0.472 e. The third-order valence-electron chi connectivity index (χ3n) is 14.6. The molecule has 0 bridgehead atoms. The zero-order valence-electron chi connectivity index (χ0n) is 53.1. The number of phosphoric ester groups is 1. The molecule has 1 amide bonds. The molecule has 0 aromatic rings. The molecule has 464 valence electrons. The van der Waals surface area contributed by atoms with Crippen LogP contribution in [0.25, 0.3) is 0 Å². The molecule has 0 aromatic carbocycles. The highest BCUT2D eigenvalue weighted by molar-refractivity contribution is 7.47. The minimum absolute atomic E-state index is 0.0353. The Bertz CT molecular complexity index is 1640. The third kappa shape index (κ3) is 59.8. The SMILES string of the molecule is CC/C=C\C/C=C\C/C=C\C/C=C\C/C=C\CCCCCCCCCC(=O)OC(/C=C/CCCCCCCCCCCC)C(COP(=O)(O)OCC[N+](C)(C)C)NC(=O)CCCCCCCCCCC/C=C/CCCCCCCC. The Morgan fingerprint density at radius 2 is 0.800 bits per heavy atom. The molecule has 0 aliphatic rings. The van der Waals surface area contributed by atoms with E-state index in [2.05, 4.69) is 99.0 Å². The van der Waals surface area contributed by atoms with Gasteiger partial charge in [-0.1, -0.05) is 267 Å². The Kier molecular flexibility index (Phi) is 57.3. The Hall–Kier alpha value is -2.81. The highest BCUT2D eigenvalue weighted by Gasteiger charge is 2.30. The van der Waals surface area contributed by atoms with Gasteiger partial charge in [-0.2, -0.15) is 0 Å². The van der Waals surface area contributed by atoms with Crippen molar-refractivity contribution < 1.29 is 37.3 Å². The number of carbonyl (C=O) groups excluding carboxylic acids is 2. The first-order valence-electron chi connectivity index (χ1n) is 33.4. The lowest BCUT2D eigenvalue weighted by atomic mass is 10.0. The number of rotatable bonds is 60. The van der Waals surface area contributed by atoms with Gasteiger partial charge in [0, 0.05) is 12.8 Å². The molecule has 9 nitrogen and oxygen atoms in total. The molecular weight excluding hydrogens is 1010 g/mol. The first kappa shape index (κ1) is 77.2. The van der Waals surface area contributed by atoms with Crippen molar-refractivity contribution in [3.8, 4) is 0 Å². The molecule has 0 spiro atoms. The van der Waals surface area contributed by atoms with E-state index in [-0.39, 0.29) is 31.5 Å². The summed E-state index contributed by atoms with van der Waals surface area (Å²) in [4.78, 5) is 37.8. The summed E-state index contributed by atoms with van der Waals surface area (Å²) in [6.07, 6.45) is 78.6. The van der Waals surface area contributed by atoms with Gasteiger partial charge in [0.25, 0.3) is 0 Å². The van der Waals surface area contributed by atoms with Crippen LogP contribution in [0, 0.1) is 0 Å². The van der Waals surface area contributed by atoms with Crippen LogP contribution >= 0.6 is 7.82 Å². The minimum Gasteiger partial charge on any atom is -0.456 e. The molecule has 0 fully saturated rings. The second-order valence-electron chi connectivity index (χ2n) is 23.6. The zero-order valence-corrected chi connectivity index (χ0v) is 54.0. The van der Waals surface area contributed by atoms with Crippen LogP contribution < -0.4 is 5.32 Å². The van der Waals surface area contributed by atoms with Gasteiger partial charge in [-0.05, 0) is 102 Å². The molecular formula is C70H128N2O7P+. The van der Waals surface area contributed by atoms with Crippen LogP contribution in [0.15, 0.2) is 85.1 Å². The number of nitrogens with zero attached hydrogens (tertiary/aromatic N) is 1. The van der Waals surface area contributed by atoms with Crippen LogP contribution in [0.4, 0.5) is 0 Å². The molecule has 0 heterocycles. The second kappa shape index (κ2) is 59.4. The fourth-order valence-corrected chi connectivity index (χ4v) is 10.2. The topological polar surface area (TPSA) is 111 Å². The van der Waals surface area contributed by atoms with Crippen LogP contribution in [0.3, 0.4) is 0 Å². The number of phosphoric acid groups is 1. The summed E-state index contributed by atoms with van der Waals surface area (Å²) in [7, 11) is 1.49. The third-order valence-corrected chi connectivity index (χ3v) is 15.6. The number of quaternary nitrogens is 1. The normalized spacial score (nSPS) is 14.1. The average Bonchev–Trinajstić information content (AvgIpc) is 3.43. The number of nitrogens with one attached hydrogen (secondary N) is 1. The summed E-state index contributed by atoms with van der Waals surface area (Å²) in [5.41, 5.74) is 0. The molecule has 0 saturated carbocycles. The van der Waals surface area contributed by atoms with Crippen LogP contribution in [0.5, 0.6) is 0 Å². The van der Waals surface area contributed by atoms with Gasteiger partial charge >= 0.3 is 13.8 Å². The fraction of sp³-hybridized carbons (Fsp3) is 0.771. The van der Waals surface area contributed by atoms with Gasteiger partial charge in [-0.15, -0.1) is 0 Å². The number of hydrogen-bond donors (Lipinski definition) is 2. The lowest BCUT2D eigenvalue weighted by molar-refractivity contribution is -0.870. The monoisotopic (exact) mass is 1140 g/mol. The van der Waals surface area contributed by atoms with Gasteiger partial charge in [0.15, 0.2) is 0 Å². The van der Waals surface area contributed by atoms with Gasteiger partial charge < -0.3 is 19.4 Å². The highest BCUT2D eigenvalue weighted by Crippen LogP contribution is 2.43. The van der Waals surface area contributed by atoms with Gasteiger partial charge in [-0.3, -0.25) is 18.6 Å². The summed E-state index contributed by atoms with van der Waals surface area (Å²) in [5.74, 6) is -0.516. The van der Waals surface area contributed by atoms with Crippen molar-refractivity contribution in [1.29, 1.82) is 0 Å². The van der Waals surface area contributed by atoms with E-state index in [1.54, 1.807) is 0 Å². The van der Waals surface area contributed by atoms with E-state index >= 15 is 0 Å². The van der Waals surface area contributed by atoms with Crippen molar-refractivity contribution in [2.24, 2.45) is 0 Å². The van der Waals surface area contributed by atoms with E-state index in [0.717, 1.165) is 103 Å². The number of unbranched alkanes of at least 4 members (excludes halogenated alkanes) is 32. The van der Waals surface area contributed by atoms with E-state index in [0.29, 0.717) is 17.4 Å². The van der Waals surface area contributed by atoms with E-state index < -0.39 is 20.0 Å². The lowest BCUT2D eigenvalue weighted by Gasteiger charge is -2.27. The second-order valence-corrected chi connectivity index (χ2v) is 25.1. The maximum Gasteiger partial charge on any atom is 0.472 e. The summed E-state index contributed by atoms with van der Waals surface area (Å²) < 4.78 is 30.8. The van der Waals surface area contributed by atoms with Gasteiger partial charge in [-0.25, -0.2) is 4.57 Å². The Morgan fingerprint density at radius 3 is 1.21 bits per heavy atom. The smallest absolute Gasteiger partial charge is 0.456 e. The van der Waals surface area contributed by atoms with E-state index in [9.17, 15) is 19.0 Å². The van der Waals surface area contributed by atoms with Crippen molar-refractivity contribution in [3.63, 3.8) is 0 Å². The maximum atomic E-state index is 13.6. The van der Waals surface area contributed by atoms with Crippen LogP contribution in [-0.4, -0.2) is 74.3 Å². The summed E-state index contributed by atoms with van der Waals surface area (Å²) >= 11 is 0. The fourth-order valence-electron chi connectivity index (χ4n) is 9.43. The number of carbonyl (C=O) groups is 2. The molecule has 0 aliphatic carbocycles. The molecule has 0 aromatic heterocycles. The quantitative estimate of drug-likeness (QED) is 0.0205. The van der Waals surface area contributed by atoms with Crippen molar-refractivity contribution in [1.82, 2.24) is 5.32 Å². The Labute approximate surface area is 495 Å². The van der Waals surface area contributed by atoms with Gasteiger partial charge in [0.05, 0.1) is 33.8 Å². The van der Waals surface area contributed by atoms with Gasteiger partial charge in [0.1, 0.15) is 19.3 Å². The maximum absolute atomic E-state index is 13.6. The van der Waals surface area contributed by atoms with Crippen molar-refractivity contribution in [2.45, 2.75) is 309 Å². The molecule has 2 N–H and O–H groups in total. The van der Waals surface area contributed by atoms with E-state index in [4.69, 9.17) is 13.8 Å². The number of amides is 1. The van der Waals surface area contributed by atoms with E-state index in [1.165, 1.54) is 161 Å². The van der Waals surface area contributed by atoms with Crippen molar-refractivity contribution >= 4 is 19.7 Å². The predicted octanol–water partition coefficient (Wildman–Crippen LogP) is 21.0. The van der Waals surface area contributed by atoms with E-state index in [1.807, 2.05) is 33.3 Å². The van der Waals surface area contributed by atoms with Crippen molar-refractivity contribution in [3.05, 3.63) is 85.1 Å². The lowest BCUT2D eigenvalue weighted by Crippen LogP contribution is -2.47. The standard InChI is InChI=1S/C70H127N2O7P/c1-7-10-13-16-19-22-25-28-30-32-34-35-36-37-39-41-43-45-48-51-54-57-60-63-70(74)79-68(61-58-55-52-49-46-27-24-21-18-15-12-9-3)67(66-78-80(75,76)77-65-64-72(4,5)6)71-69(73)62-59-56-53-50-47-44-42-40-38-33-31-29-26-23-20-17-14-11-8-2/h10,13,19,22,28-31,34-35,37,39,58,61,67-68H,7-9,11-12,14-18,20-21,23-27,32-33,36,38,40-57,59-60,62-66H2,1-6H3,(H-,71,73,75,76)/p+1/b13-10-,22-19-,30-28-,31-29+,35-34-,39-37-,61-58+. The number of esters is 1. The molecule has 0 aliphatic heterocycles. The van der Waals surface area contributed by atoms with Crippen LogP contribution in [-0.2, 0) is 27.9 Å². The molecule has 10 heteroatoms. The molecule has 0 radical (unpaired) electrons. The number of hydrogen-bond acceptors (Lipinski definition) is 6. The molecule has 0 rings (SSSR count). The summed E-state index contributed by atoms with van der Waals surface area (Å²) in [6, 6.07) is -0.858. The van der Waals surface area contributed by atoms with Crippen molar-refractivity contribution in [2.75, 3.05) is 40.9 Å². The van der Waals surface area contributed by atoms with Gasteiger partial charge in [0.2, 0.25) is 5.91 Å².